The summed E-state index contributed by atoms with van der Waals surface area (Å²) >= 11 is 0. The van der Waals surface area contributed by atoms with Crippen molar-refractivity contribution < 1.29 is 24.1 Å². The number of rotatable bonds is 3. The molecule has 0 radical (unpaired) electrons. The SMILES string of the molecule is CC(C)(O)O[C@@H]1CCC([C@H]2COC(C)(C)O2)O1. The van der Waals surface area contributed by atoms with Gasteiger partial charge in [-0.15, -0.1) is 0 Å². The predicted molar refractivity (Wildman–Crippen MR) is 60.2 cm³/mol. The Hall–Kier alpha value is -0.200. The van der Waals surface area contributed by atoms with E-state index < -0.39 is 11.6 Å². The van der Waals surface area contributed by atoms with E-state index in [-0.39, 0.29) is 18.5 Å². The summed E-state index contributed by atoms with van der Waals surface area (Å²) in [6.45, 7) is 7.54. The molecule has 1 unspecified atom stereocenters. The van der Waals surface area contributed by atoms with Crippen molar-refractivity contribution in [3.63, 3.8) is 0 Å². The van der Waals surface area contributed by atoms with Gasteiger partial charge in [-0.1, -0.05) is 0 Å². The lowest BCUT2D eigenvalue weighted by atomic mass is 10.1. The zero-order valence-corrected chi connectivity index (χ0v) is 10.9. The largest absolute Gasteiger partial charge is 0.366 e. The average molecular weight is 246 g/mol. The van der Waals surface area contributed by atoms with Crippen LogP contribution in [0.4, 0.5) is 0 Å². The van der Waals surface area contributed by atoms with Crippen molar-refractivity contribution in [3.8, 4) is 0 Å². The van der Waals surface area contributed by atoms with Gasteiger partial charge in [-0.3, -0.25) is 0 Å². The van der Waals surface area contributed by atoms with E-state index in [4.69, 9.17) is 18.9 Å². The zero-order chi connectivity index (χ0) is 12.7. The van der Waals surface area contributed by atoms with Crippen molar-refractivity contribution in [3.05, 3.63) is 0 Å². The van der Waals surface area contributed by atoms with Crippen LogP contribution >= 0.6 is 0 Å². The Balaban J connectivity index is 1.82. The van der Waals surface area contributed by atoms with Crippen molar-refractivity contribution >= 4 is 0 Å². The molecule has 2 rings (SSSR count). The summed E-state index contributed by atoms with van der Waals surface area (Å²) in [7, 11) is 0. The van der Waals surface area contributed by atoms with E-state index in [1.165, 1.54) is 0 Å². The van der Waals surface area contributed by atoms with Crippen LogP contribution in [0.25, 0.3) is 0 Å². The Kier molecular flexibility index (Phi) is 3.49. The topological polar surface area (TPSA) is 57.2 Å². The minimum absolute atomic E-state index is 0.0101. The molecule has 0 bridgehead atoms. The highest BCUT2D eigenvalue weighted by Gasteiger charge is 2.42. The minimum atomic E-state index is -1.16. The quantitative estimate of drug-likeness (QED) is 0.763. The molecule has 0 spiro atoms. The monoisotopic (exact) mass is 246 g/mol. The lowest BCUT2D eigenvalue weighted by Crippen LogP contribution is -2.34. The van der Waals surface area contributed by atoms with Crippen molar-refractivity contribution in [2.24, 2.45) is 0 Å². The first-order valence-electron chi connectivity index (χ1n) is 6.13. The maximum atomic E-state index is 9.55. The van der Waals surface area contributed by atoms with Crippen LogP contribution < -0.4 is 0 Å². The van der Waals surface area contributed by atoms with Gasteiger partial charge in [0.15, 0.2) is 17.9 Å². The molecule has 0 aromatic heterocycles. The molecule has 0 aromatic rings. The number of aliphatic hydroxyl groups is 1. The third-order valence-corrected chi connectivity index (χ3v) is 2.88. The van der Waals surface area contributed by atoms with Crippen LogP contribution in [-0.4, -0.2) is 41.8 Å². The molecule has 2 heterocycles. The van der Waals surface area contributed by atoms with E-state index in [1.54, 1.807) is 13.8 Å². The van der Waals surface area contributed by atoms with Crippen LogP contribution in [0.5, 0.6) is 0 Å². The maximum Gasteiger partial charge on any atom is 0.163 e. The molecule has 5 nitrogen and oxygen atoms in total. The van der Waals surface area contributed by atoms with Gasteiger partial charge in [-0.25, -0.2) is 0 Å². The van der Waals surface area contributed by atoms with Crippen molar-refractivity contribution in [1.29, 1.82) is 0 Å². The standard InChI is InChI=1S/C12H22O5/c1-11(2,13)17-10-6-5-8(15-10)9-7-14-12(3,4)16-9/h8-10,13H,5-7H2,1-4H3/t8?,9-,10-/m1/s1. The summed E-state index contributed by atoms with van der Waals surface area (Å²) < 4.78 is 22.4. The fourth-order valence-electron chi connectivity index (χ4n) is 2.21. The number of hydrogen-bond acceptors (Lipinski definition) is 5. The third kappa shape index (κ3) is 3.63. The molecule has 5 heteroatoms. The zero-order valence-electron chi connectivity index (χ0n) is 10.9. The van der Waals surface area contributed by atoms with Crippen LogP contribution in [0.3, 0.4) is 0 Å². The van der Waals surface area contributed by atoms with Crippen LogP contribution in [0.2, 0.25) is 0 Å². The van der Waals surface area contributed by atoms with Gasteiger partial charge in [0, 0.05) is 6.42 Å². The summed E-state index contributed by atoms with van der Waals surface area (Å²) in [4.78, 5) is 0. The lowest BCUT2D eigenvalue weighted by molar-refractivity contribution is -0.274. The molecular formula is C12H22O5. The summed E-state index contributed by atoms with van der Waals surface area (Å²) in [5, 5.41) is 9.55. The van der Waals surface area contributed by atoms with E-state index in [0.29, 0.717) is 6.61 Å². The fraction of sp³-hybridized carbons (Fsp3) is 1.00. The Morgan fingerprint density at radius 3 is 2.47 bits per heavy atom. The van der Waals surface area contributed by atoms with Crippen molar-refractivity contribution in [1.82, 2.24) is 0 Å². The highest BCUT2D eigenvalue weighted by atomic mass is 16.8. The Labute approximate surface area is 102 Å². The first kappa shape index (κ1) is 13.2. The average Bonchev–Trinajstić information content (AvgIpc) is 2.69. The molecule has 2 aliphatic rings. The molecule has 2 saturated heterocycles. The third-order valence-electron chi connectivity index (χ3n) is 2.88. The van der Waals surface area contributed by atoms with E-state index in [1.807, 2.05) is 13.8 Å². The molecule has 0 aliphatic carbocycles. The highest BCUT2D eigenvalue weighted by Crippen LogP contribution is 2.32. The maximum absolute atomic E-state index is 9.55. The minimum Gasteiger partial charge on any atom is -0.366 e. The molecule has 0 aromatic carbocycles. The first-order chi connectivity index (χ1) is 7.75. The van der Waals surface area contributed by atoms with Gasteiger partial charge in [0.2, 0.25) is 0 Å². The number of ether oxygens (including phenoxy) is 4. The summed E-state index contributed by atoms with van der Waals surface area (Å²) in [6, 6.07) is 0. The van der Waals surface area contributed by atoms with Crippen molar-refractivity contribution in [2.75, 3.05) is 6.61 Å². The molecule has 100 valence electrons. The second-order valence-electron chi connectivity index (χ2n) is 5.61. The number of hydrogen-bond donors (Lipinski definition) is 1. The molecule has 0 saturated carbocycles. The summed E-state index contributed by atoms with van der Waals surface area (Å²) in [5.74, 6) is -1.69. The van der Waals surface area contributed by atoms with Gasteiger partial charge in [-0.05, 0) is 34.1 Å². The van der Waals surface area contributed by atoms with E-state index >= 15 is 0 Å². The molecule has 1 N–H and O–H groups in total. The Morgan fingerprint density at radius 2 is 1.94 bits per heavy atom. The van der Waals surface area contributed by atoms with Crippen LogP contribution in [0, 0.1) is 0 Å². The second-order valence-corrected chi connectivity index (χ2v) is 5.61. The first-order valence-corrected chi connectivity index (χ1v) is 6.13. The van der Waals surface area contributed by atoms with Gasteiger partial charge in [0.05, 0.1) is 12.7 Å². The molecule has 0 amide bonds. The van der Waals surface area contributed by atoms with Crippen molar-refractivity contribution in [2.45, 2.75) is 70.6 Å². The van der Waals surface area contributed by atoms with Gasteiger partial charge in [0.25, 0.3) is 0 Å². The summed E-state index contributed by atoms with van der Waals surface area (Å²) in [5.41, 5.74) is 0. The predicted octanol–water partition coefficient (Wildman–Crippen LogP) is 1.39. The lowest BCUT2D eigenvalue weighted by Gasteiger charge is -2.25. The Bertz CT molecular complexity index is 271. The highest BCUT2D eigenvalue weighted by molar-refractivity contribution is 4.82. The summed E-state index contributed by atoms with van der Waals surface area (Å²) in [6.07, 6.45) is 1.23. The Morgan fingerprint density at radius 1 is 1.24 bits per heavy atom. The van der Waals surface area contributed by atoms with Crippen LogP contribution in [0.15, 0.2) is 0 Å². The van der Waals surface area contributed by atoms with Gasteiger partial charge in [0.1, 0.15) is 6.10 Å². The van der Waals surface area contributed by atoms with Crippen LogP contribution in [-0.2, 0) is 18.9 Å². The van der Waals surface area contributed by atoms with Gasteiger partial charge in [-0.2, -0.15) is 0 Å². The normalized spacial score (nSPS) is 37.6. The van der Waals surface area contributed by atoms with E-state index in [2.05, 4.69) is 0 Å². The molecule has 17 heavy (non-hydrogen) atoms. The smallest absolute Gasteiger partial charge is 0.163 e. The fourth-order valence-corrected chi connectivity index (χ4v) is 2.21. The molecular weight excluding hydrogens is 224 g/mol. The van der Waals surface area contributed by atoms with E-state index in [9.17, 15) is 5.11 Å². The molecule has 2 fully saturated rings. The molecule has 3 atom stereocenters. The van der Waals surface area contributed by atoms with Crippen LogP contribution in [0.1, 0.15) is 40.5 Å². The van der Waals surface area contributed by atoms with Gasteiger partial charge >= 0.3 is 0 Å². The van der Waals surface area contributed by atoms with Gasteiger partial charge < -0.3 is 24.1 Å². The van der Waals surface area contributed by atoms with E-state index in [0.717, 1.165) is 12.8 Å². The molecule has 2 aliphatic heterocycles. The second kappa shape index (κ2) is 4.48.